The maximum Gasteiger partial charge on any atom is 0.331 e. The molecule has 1 aliphatic rings. The van der Waals surface area contributed by atoms with Crippen LogP contribution in [0, 0.1) is 6.92 Å². The average Bonchev–Trinajstić information content (AvgIpc) is 2.83. The lowest BCUT2D eigenvalue weighted by atomic mass is 10.0. The van der Waals surface area contributed by atoms with Crippen LogP contribution in [0.3, 0.4) is 0 Å². The average molecular weight is 372 g/mol. The third kappa shape index (κ3) is 3.22. The van der Waals surface area contributed by atoms with E-state index in [-0.39, 0.29) is 5.92 Å². The molecule has 2 aromatic rings. The number of halogens is 1. The molecule has 0 spiro atoms. The van der Waals surface area contributed by atoms with Gasteiger partial charge in [-0.1, -0.05) is 37.6 Å². The molecule has 0 bridgehead atoms. The Kier molecular flexibility index (Phi) is 4.83. The summed E-state index contributed by atoms with van der Waals surface area (Å²) in [7, 11) is 0. The number of rotatable bonds is 4. The molecule has 0 atom stereocenters. The van der Waals surface area contributed by atoms with E-state index in [1.54, 1.807) is 36.4 Å². The highest BCUT2D eigenvalue weighted by atomic mass is 35.5. The number of imide groups is 1. The molecule has 2 aromatic carbocycles. The van der Waals surface area contributed by atoms with E-state index in [0.717, 1.165) is 16.0 Å². The van der Waals surface area contributed by atoms with Gasteiger partial charge < -0.3 is 4.74 Å². The van der Waals surface area contributed by atoms with Crippen molar-refractivity contribution in [3.63, 3.8) is 0 Å². The number of amides is 2. The van der Waals surface area contributed by atoms with Gasteiger partial charge in [0.05, 0.1) is 11.1 Å². The number of esters is 1. The van der Waals surface area contributed by atoms with Gasteiger partial charge in [0.1, 0.15) is 12.3 Å². The molecule has 0 saturated heterocycles. The number of hydrogen-bond donors (Lipinski definition) is 0. The summed E-state index contributed by atoms with van der Waals surface area (Å²) < 4.78 is 5.46. The number of benzene rings is 2. The number of aryl methyl sites for hydroxylation is 1. The minimum atomic E-state index is -0.678. The van der Waals surface area contributed by atoms with Crippen LogP contribution in [0.5, 0.6) is 5.75 Å². The van der Waals surface area contributed by atoms with Crippen molar-refractivity contribution in [2.24, 2.45) is 0 Å². The second-order valence-electron chi connectivity index (χ2n) is 6.51. The van der Waals surface area contributed by atoms with Gasteiger partial charge >= 0.3 is 5.97 Å². The molecule has 134 valence electrons. The van der Waals surface area contributed by atoms with Crippen molar-refractivity contribution in [3.8, 4) is 5.75 Å². The molecule has 0 saturated carbocycles. The third-order valence-corrected chi connectivity index (χ3v) is 4.71. The smallest absolute Gasteiger partial charge is 0.331 e. The van der Waals surface area contributed by atoms with Gasteiger partial charge in [-0.05, 0) is 48.2 Å². The fourth-order valence-corrected chi connectivity index (χ4v) is 3.05. The topological polar surface area (TPSA) is 63.7 Å². The minimum Gasteiger partial charge on any atom is -0.425 e. The van der Waals surface area contributed by atoms with Crippen molar-refractivity contribution in [2.75, 3.05) is 6.54 Å². The second kappa shape index (κ2) is 6.92. The molecule has 0 unspecified atom stereocenters. The summed E-state index contributed by atoms with van der Waals surface area (Å²) in [5, 5.41) is 0.592. The number of nitrogens with zero attached hydrogens (tertiary/aromatic N) is 1. The predicted molar refractivity (Wildman–Crippen MR) is 97.7 cm³/mol. The first kappa shape index (κ1) is 18.1. The highest BCUT2D eigenvalue weighted by molar-refractivity contribution is 6.31. The summed E-state index contributed by atoms with van der Waals surface area (Å²) >= 11 is 6.16. The number of carbonyl (C=O) groups is 3. The number of carbonyl (C=O) groups excluding carboxylic acids is 3. The van der Waals surface area contributed by atoms with Crippen LogP contribution >= 0.6 is 11.6 Å². The largest absolute Gasteiger partial charge is 0.425 e. The molecule has 5 nitrogen and oxygen atoms in total. The van der Waals surface area contributed by atoms with Crippen LogP contribution in [0.15, 0.2) is 36.4 Å². The van der Waals surface area contributed by atoms with Crippen molar-refractivity contribution in [1.29, 1.82) is 0 Å². The van der Waals surface area contributed by atoms with Gasteiger partial charge in [0.25, 0.3) is 11.8 Å². The normalized spacial score (nSPS) is 13.3. The fraction of sp³-hybridized carbons (Fsp3) is 0.250. The van der Waals surface area contributed by atoms with E-state index in [2.05, 4.69) is 0 Å². The first-order valence-corrected chi connectivity index (χ1v) is 8.63. The summed E-state index contributed by atoms with van der Waals surface area (Å²) in [6.45, 7) is 5.30. The van der Waals surface area contributed by atoms with Gasteiger partial charge in [-0.2, -0.15) is 0 Å². The Hall–Kier alpha value is -2.66. The lowest BCUT2D eigenvalue weighted by molar-refractivity contribution is -0.134. The van der Waals surface area contributed by atoms with Gasteiger partial charge in [-0.15, -0.1) is 0 Å². The van der Waals surface area contributed by atoms with E-state index in [1.165, 1.54) is 0 Å². The molecular weight excluding hydrogens is 354 g/mol. The van der Waals surface area contributed by atoms with Gasteiger partial charge in [0.15, 0.2) is 0 Å². The van der Waals surface area contributed by atoms with Crippen molar-refractivity contribution < 1.29 is 19.1 Å². The molecule has 0 aromatic heterocycles. The number of fused-ring (bicyclic) bond motifs is 1. The van der Waals surface area contributed by atoms with Crippen LogP contribution in [-0.4, -0.2) is 29.2 Å². The Balaban J connectivity index is 1.80. The summed E-state index contributed by atoms with van der Waals surface area (Å²) in [5.41, 5.74) is 2.17. The first-order valence-electron chi connectivity index (χ1n) is 8.25. The van der Waals surface area contributed by atoms with Crippen LogP contribution in [-0.2, 0) is 4.79 Å². The van der Waals surface area contributed by atoms with Crippen LogP contribution in [0.25, 0.3) is 0 Å². The van der Waals surface area contributed by atoms with Gasteiger partial charge in [-0.25, -0.2) is 4.79 Å². The monoisotopic (exact) mass is 371 g/mol. The standard InChI is InChI=1S/C20H18ClNO4/c1-11(2)15-9-16(21)12(3)8-17(15)26-18(23)10-22-19(24)13-6-4-5-7-14(13)20(22)25/h4-9,11H,10H2,1-3H3. The van der Waals surface area contributed by atoms with Gasteiger partial charge in [0, 0.05) is 5.02 Å². The van der Waals surface area contributed by atoms with E-state index in [9.17, 15) is 14.4 Å². The molecule has 0 radical (unpaired) electrons. The molecule has 0 N–H and O–H groups in total. The summed E-state index contributed by atoms with van der Waals surface area (Å²) in [4.78, 5) is 38.0. The number of hydrogen-bond acceptors (Lipinski definition) is 4. The predicted octanol–water partition coefficient (Wildman–Crippen LogP) is 3.97. The molecule has 3 rings (SSSR count). The fourth-order valence-electron chi connectivity index (χ4n) is 2.88. The highest BCUT2D eigenvalue weighted by Gasteiger charge is 2.36. The molecule has 26 heavy (non-hydrogen) atoms. The zero-order valence-electron chi connectivity index (χ0n) is 14.7. The van der Waals surface area contributed by atoms with Crippen molar-refractivity contribution in [1.82, 2.24) is 4.90 Å². The number of ether oxygens (including phenoxy) is 1. The quantitative estimate of drug-likeness (QED) is 0.463. The summed E-state index contributed by atoms with van der Waals surface area (Å²) in [6.07, 6.45) is 0. The van der Waals surface area contributed by atoms with Crippen molar-refractivity contribution in [2.45, 2.75) is 26.7 Å². The van der Waals surface area contributed by atoms with E-state index >= 15 is 0 Å². The van der Waals surface area contributed by atoms with E-state index in [1.807, 2.05) is 20.8 Å². The second-order valence-corrected chi connectivity index (χ2v) is 6.92. The summed E-state index contributed by atoms with van der Waals surface area (Å²) in [6, 6.07) is 9.96. The summed E-state index contributed by atoms with van der Waals surface area (Å²) in [5.74, 6) is -1.17. The maximum atomic E-state index is 12.4. The lowest BCUT2D eigenvalue weighted by Crippen LogP contribution is -2.36. The molecule has 6 heteroatoms. The Morgan fingerprint density at radius 1 is 1.12 bits per heavy atom. The third-order valence-electron chi connectivity index (χ3n) is 4.30. The Bertz CT molecular complexity index is 885. The molecule has 2 amide bonds. The molecule has 1 heterocycles. The SMILES string of the molecule is Cc1cc(OC(=O)CN2C(=O)c3ccccc3C2=O)c(C(C)C)cc1Cl. The van der Waals surface area contributed by atoms with Crippen LogP contribution in [0.1, 0.15) is 51.6 Å². The van der Waals surface area contributed by atoms with Crippen molar-refractivity contribution >= 4 is 29.4 Å². The van der Waals surface area contributed by atoms with Crippen LogP contribution in [0.2, 0.25) is 5.02 Å². The van der Waals surface area contributed by atoms with E-state index < -0.39 is 24.3 Å². The Morgan fingerprint density at radius 3 is 2.23 bits per heavy atom. The lowest BCUT2D eigenvalue weighted by Gasteiger charge is -2.17. The van der Waals surface area contributed by atoms with Crippen LogP contribution < -0.4 is 4.74 Å². The minimum absolute atomic E-state index is 0.0928. The van der Waals surface area contributed by atoms with Crippen LogP contribution in [0.4, 0.5) is 0 Å². The van der Waals surface area contributed by atoms with Crippen molar-refractivity contribution in [3.05, 3.63) is 63.7 Å². The molecule has 1 aliphatic heterocycles. The first-order chi connectivity index (χ1) is 12.3. The highest BCUT2D eigenvalue weighted by Crippen LogP contribution is 2.32. The maximum absolute atomic E-state index is 12.4. The zero-order valence-corrected chi connectivity index (χ0v) is 15.5. The zero-order chi connectivity index (χ0) is 19.0. The molecule has 0 aliphatic carbocycles. The van der Waals surface area contributed by atoms with Gasteiger partial charge in [-0.3, -0.25) is 14.5 Å². The molecular formula is C20H18ClNO4. The van der Waals surface area contributed by atoms with E-state index in [0.29, 0.717) is 21.9 Å². The molecule has 0 fully saturated rings. The van der Waals surface area contributed by atoms with E-state index in [4.69, 9.17) is 16.3 Å². The van der Waals surface area contributed by atoms with Gasteiger partial charge in [0.2, 0.25) is 0 Å². The Morgan fingerprint density at radius 2 is 1.69 bits per heavy atom. The Labute approximate surface area is 156 Å².